The molecule has 0 saturated carbocycles. The van der Waals surface area contributed by atoms with Crippen molar-refractivity contribution in [2.24, 2.45) is 0 Å². The first-order chi connectivity index (χ1) is 10.6. The molecule has 3 nitrogen and oxygen atoms in total. The molecule has 0 saturated heterocycles. The Labute approximate surface area is 144 Å². The lowest BCUT2D eigenvalue weighted by molar-refractivity contribution is -0.885. The normalized spacial score (nSPS) is 12.0. The van der Waals surface area contributed by atoms with Crippen LogP contribution in [-0.4, -0.2) is 25.8 Å². The van der Waals surface area contributed by atoms with Crippen molar-refractivity contribution >= 4 is 39.3 Å². The molecule has 1 atom stereocenters. The summed E-state index contributed by atoms with van der Waals surface area (Å²) in [5.74, 6) is 0.0381. The molecule has 0 aromatic heterocycles. The number of benzene rings is 2. The van der Waals surface area contributed by atoms with Crippen molar-refractivity contribution in [2.45, 2.75) is 11.4 Å². The quantitative estimate of drug-likeness (QED) is 0.756. The van der Waals surface area contributed by atoms with Crippen LogP contribution >= 0.6 is 27.7 Å². The largest absolute Gasteiger partial charge is 0.326 e. The number of carbonyl (C=O) groups excluding carboxylic acids is 1. The first kappa shape index (κ1) is 17.1. The summed E-state index contributed by atoms with van der Waals surface area (Å²) in [6.45, 7) is 1.27. The molecular weight excluding hydrogens is 360 g/mol. The molecule has 1 unspecified atom stereocenters. The maximum Gasteiger partial charge on any atom is 0.279 e. The first-order valence-corrected chi connectivity index (χ1v) is 9.09. The van der Waals surface area contributed by atoms with Gasteiger partial charge in [0.1, 0.15) is 6.54 Å². The van der Waals surface area contributed by atoms with Gasteiger partial charge in [-0.15, -0.1) is 11.8 Å². The summed E-state index contributed by atoms with van der Waals surface area (Å²) in [5.41, 5.74) is 2.11. The molecule has 116 valence electrons. The number of amides is 1. The van der Waals surface area contributed by atoms with Gasteiger partial charge in [-0.05, 0) is 30.5 Å². The molecule has 2 N–H and O–H groups in total. The number of thioether (sulfide) groups is 1. The highest BCUT2D eigenvalue weighted by Gasteiger charge is 2.12. The number of hydrogen-bond acceptors (Lipinski definition) is 2. The summed E-state index contributed by atoms with van der Waals surface area (Å²) in [4.78, 5) is 14.4. The minimum Gasteiger partial charge on any atom is -0.326 e. The van der Waals surface area contributed by atoms with Crippen LogP contribution < -0.4 is 10.2 Å². The Hall–Kier alpha value is -1.30. The lowest BCUT2D eigenvalue weighted by Crippen LogP contribution is -3.08. The molecule has 22 heavy (non-hydrogen) atoms. The number of nitrogens with one attached hydrogen (secondary N) is 2. The molecule has 2 aromatic carbocycles. The van der Waals surface area contributed by atoms with Crippen LogP contribution in [0.2, 0.25) is 0 Å². The fourth-order valence-electron chi connectivity index (χ4n) is 2.23. The maximum atomic E-state index is 12.2. The highest BCUT2D eigenvalue weighted by atomic mass is 79.9. The Bertz CT molecular complexity index is 631. The van der Waals surface area contributed by atoms with E-state index in [1.807, 2.05) is 49.7 Å². The van der Waals surface area contributed by atoms with Crippen LogP contribution in [0.1, 0.15) is 5.56 Å². The van der Waals surface area contributed by atoms with Gasteiger partial charge in [-0.1, -0.05) is 40.2 Å². The zero-order valence-corrected chi connectivity index (χ0v) is 15.1. The highest BCUT2D eigenvalue weighted by molar-refractivity contribution is 9.10. The van der Waals surface area contributed by atoms with Gasteiger partial charge < -0.3 is 10.2 Å². The van der Waals surface area contributed by atoms with Crippen molar-refractivity contribution in [3.8, 4) is 0 Å². The van der Waals surface area contributed by atoms with E-state index in [0.29, 0.717) is 6.54 Å². The van der Waals surface area contributed by atoms with E-state index < -0.39 is 0 Å². The third-order valence-corrected chi connectivity index (χ3v) is 4.59. The first-order valence-electron chi connectivity index (χ1n) is 7.07. The SMILES string of the molecule is CSc1ccccc1NC(=O)C[NH+](C)Cc1ccc(Br)cc1. The van der Waals surface area contributed by atoms with Crippen LogP contribution in [0, 0.1) is 0 Å². The summed E-state index contributed by atoms with van der Waals surface area (Å²) in [6, 6.07) is 16.1. The molecular formula is C17H20BrN2OS+. The Balaban J connectivity index is 1.89. The van der Waals surface area contributed by atoms with E-state index >= 15 is 0 Å². The van der Waals surface area contributed by atoms with Crippen LogP contribution in [0.3, 0.4) is 0 Å². The molecule has 0 aliphatic rings. The lowest BCUT2D eigenvalue weighted by Gasteiger charge is -2.15. The van der Waals surface area contributed by atoms with Gasteiger partial charge in [0, 0.05) is 14.9 Å². The summed E-state index contributed by atoms with van der Waals surface area (Å²) in [7, 11) is 2.03. The van der Waals surface area contributed by atoms with Crippen molar-refractivity contribution in [1.29, 1.82) is 0 Å². The number of hydrogen-bond donors (Lipinski definition) is 2. The number of likely N-dealkylation sites (N-methyl/N-ethyl adjacent to an activating group) is 1. The second kappa shape index (κ2) is 8.36. The van der Waals surface area contributed by atoms with Crippen LogP contribution in [0.15, 0.2) is 57.9 Å². The van der Waals surface area contributed by atoms with E-state index in [0.717, 1.165) is 26.5 Å². The molecule has 5 heteroatoms. The average Bonchev–Trinajstić information content (AvgIpc) is 2.50. The predicted molar refractivity (Wildman–Crippen MR) is 96.5 cm³/mol. The number of rotatable bonds is 6. The molecule has 0 heterocycles. The second-order valence-corrected chi connectivity index (χ2v) is 6.95. The van der Waals surface area contributed by atoms with Crippen molar-refractivity contribution in [1.82, 2.24) is 0 Å². The number of carbonyl (C=O) groups is 1. The maximum absolute atomic E-state index is 12.2. The third kappa shape index (κ3) is 5.16. The van der Waals surface area contributed by atoms with E-state index in [-0.39, 0.29) is 5.91 Å². The topological polar surface area (TPSA) is 33.5 Å². The van der Waals surface area contributed by atoms with Crippen molar-refractivity contribution in [3.63, 3.8) is 0 Å². The van der Waals surface area contributed by atoms with E-state index in [2.05, 4.69) is 33.4 Å². The smallest absolute Gasteiger partial charge is 0.279 e. The fraction of sp³-hybridized carbons (Fsp3) is 0.235. The predicted octanol–water partition coefficient (Wildman–Crippen LogP) is 2.82. The Morgan fingerprint density at radius 3 is 2.55 bits per heavy atom. The Morgan fingerprint density at radius 2 is 1.86 bits per heavy atom. The fourth-order valence-corrected chi connectivity index (χ4v) is 3.05. The van der Waals surface area contributed by atoms with E-state index in [9.17, 15) is 4.79 Å². The van der Waals surface area contributed by atoms with Gasteiger partial charge in [0.2, 0.25) is 0 Å². The molecule has 0 bridgehead atoms. The molecule has 0 aliphatic heterocycles. The Morgan fingerprint density at radius 1 is 1.18 bits per heavy atom. The van der Waals surface area contributed by atoms with Crippen molar-refractivity contribution < 1.29 is 9.69 Å². The van der Waals surface area contributed by atoms with E-state index in [1.165, 1.54) is 5.56 Å². The summed E-state index contributed by atoms with van der Waals surface area (Å²) in [6.07, 6.45) is 2.01. The molecule has 0 aliphatic carbocycles. The number of quaternary nitrogens is 1. The van der Waals surface area contributed by atoms with Gasteiger partial charge in [0.25, 0.3) is 5.91 Å². The van der Waals surface area contributed by atoms with Gasteiger partial charge in [0.15, 0.2) is 6.54 Å². The summed E-state index contributed by atoms with van der Waals surface area (Å²) < 4.78 is 1.07. The van der Waals surface area contributed by atoms with Gasteiger partial charge in [-0.2, -0.15) is 0 Å². The van der Waals surface area contributed by atoms with E-state index in [1.54, 1.807) is 11.8 Å². The van der Waals surface area contributed by atoms with Gasteiger partial charge in [0.05, 0.1) is 12.7 Å². The van der Waals surface area contributed by atoms with Crippen molar-refractivity contribution in [2.75, 3.05) is 25.2 Å². The van der Waals surface area contributed by atoms with Gasteiger partial charge in [-0.3, -0.25) is 4.79 Å². The molecule has 1 amide bonds. The molecule has 2 aromatic rings. The van der Waals surface area contributed by atoms with Crippen LogP contribution in [0.4, 0.5) is 5.69 Å². The van der Waals surface area contributed by atoms with Crippen LogP contribution in [0.5, 0.6) is 0 Å². The average molecular weight is 380 g/mol. The zero-order chi connectivity index (χ0) is 15.9. The molecule has 0 radical (unpaired) electrons. The second-order valence-electron chi connectivity index (χ2n) is 5.19. The lowest BCUT2D eigenvalue weighted by atomic mass is 10.2. The van der Waals surface area contributed by atoms with Crippen molar-refractivity contribution in [3.05, 3.63) is 58.6 Å². The standard InChI is InChI=1S/C17H19BrN2OS/c1-20(11-13-7-9-14(18)10-8-13)12-17(21)19-15-5-3-4-6-16(15)22-2/h3-10H,11-12H2,1-2H3,(H,19,21)/p+1. The Kier molecular flexibility index (Phi) is 6.49. The van der Waals surface area contributed by atoms with Gasteiger partial charge in [-0.25, -0.2) is 0 Å². The molecule has 0 fully saturated rings. The number of anilines is 1. The highest BCUT2D eigenvalue weighted by Crippen LogP contribution is 2.24. The monoisotopic (exact) mass is 379 g/mol. The number of halogens is 1. The number of para-hydroxylation sites is 1. The van der Waals surface area contributed by atoms with Crippen LogP contribution in [0.25, 0.3) is 0 Å². The zero-order valence-electron chi connectivity index (χ0n) is 12.7. The summed E-state index contributed by atoms with van der Waals surface area (Å²) >= 11 is 5.06. The van der Waals surface area contributed by atoms with E-state index in [4.69, 9.17) is 0 Å². The minimum absolute atomic E-state index is 0.0381. The molecule has 0 spiro atoms. The van der Waals surface area contributed by atoms with Crippen LogP contribution in [-0.2, 0) is 11.3 Å². The van der Waals surface area contributed by atoms with Gasteiger partial charge >= 0.3 is 0 Å². The minimum atomic E-state index is 0.0381. The third-order valence-electron chi connectivity index (χ3n) is 3.26. The molecule has 2 rings (SSSR count). The summed E-state index contributed by atoms with van der Waals surface area (Å²) in [5, 5.41) is 3.00.